The molecule has 5 heteroatoms. The van der Waals surface area contributed by atoms with Crippen LogP contribution in [0, 0.1) is 10.1 Å². The van der Waals surface area contributed by atoms with E-state index in [1.54, 1.807) is 19.9 Å². The van der Waals surface area contributed by atoms with Gasteiger partial charge in [0.25, 0.3) is 0 Å². The van der Waals surface area contributed by atoms with Crippen LogP contribution in [-0.4, -0.2) is 18.3 Å². The number of hydrogen-bond donors (Lipinski definition) is 0. The molecular weight excluding hydrogens is 222 g/mol. The SMILES string of the molecule is COc1ccc(/C(C)=C(/C)C=O)cc1[N+](=O)[O-]. The van der Waals surface area contributed by atoms with Crippen LogP contribution in [0.15, 0.2) is 23.8 Å². The van der Waals surface area contributed by atoms with Crippen molar-refractivity contribution >= 4 is 17.5 Å². The van der Waals surface area contributed by atoms with Crippen molar-refractivity contribution in [2.45, 2.75) is 13.8 Å². The molecule has 0 bridgehead atoms. The summed E-state index contributed by atoms with van der Waals surface area (Å²) in [4.78, 5) is 21.0. The third kappa shape index (κ3) is 2.69. The highest BCUT2D eigenvalue weighted by Crippen LogP contribution is 2.30. The van der Waals surface area contributed by atoms with E-state index < -0.39 is 4.92 Å². The lowest BCUT2D eigenvalue weighted by Gasteiger charge is -2.06. The van der Waals surface area contributed by atoms with Gasteiger partial charge in [-0.2, -0.15) is 0 Å². The minimum atomic E-state index is -0.508. The Balaban J connectivity index is 3.36. The molecule has 0 heterocycles. The van der Waals surface area contributed by atoms with Crippen molar-refractivity contribution in [1.29, 1.82) is 0 Å². The molecule has 1 aromatic carbocycles. The average Bonchev–Trinajstić information content (AvgIpc) is 2.35. The van der Waals surface area contributed by atoms with E-state index in [0.29, 0.717) is 16.7 Å². The molecule has 1 aromatic rings. The molecule has 0 fully saturated rings. The summed E-state index contributed by atoms with van der Waals surface area (Å²) in [6.45, 7) is 3.41. The van der Waals surface area contributed by atoms with E-state index in [-0.39, 0.29) is 11.4 Å². The first-order valence-electron chi connectivity index (χ1n) is 4.96. The van der Waals surface area contributed by atoms with Crippen molar-refractivity contribution in [3.63, 3.8) is 0 Å². The summed E-state index contributed by atoms with van der Waals surface area (Å²) in [6.07, 6.45) is 0.728. The number of methoxy groups -OCH3 is 1. The summed E-state index contributed by atoms with van der Waals surface area (Å²) in [5.74, 6) is 0.204. The number of carbonyl (C=O) groups excluding carboxylic acids is 1. The van der Waals surface area contributed by atoms with E-state index in [4.69, 9.17) is 4.74 Å². The molecule has 0 atom stereocenters. The highest BCUT2D eigenvalue weighted by atomic mass is 16.6. The third-order valence-corrected chi connectivity index (χ3v) is 2.58. The van der Waals surface area contributed by atoms with E-state index in [2.05, 4.69) is 0 Å². The Morgan fingerprint density at radius 3 is 2.53 bits per heavy atom. The Labute approximate surface area is 98.9 Å². The molecule has 0 unspecified atom stereocenters. The summed E-state index contributed by atoms with van der Waals surface area (Å²) in [6, 6.07) is 4.62. The number of benzene rings is 1. The number of aldehydes is 1. The molecule has 0 saturated carbocycles. The van der Waals surface area contributed by atoms with Gasteiger partial charge in [-0.3, -0.25) is 14.9 Å². The Hall–Kier alpha value is -2.17. The lowest BCUT2D eigenvalue weighted by atomic mass is 10.0. The molecule has 17 heavy (non-hydrogen) atoms. The van der Waals surface area contributed by atoms with Crippen molar-refractivity contribution in [3.8, 4) is 5.75 Å². The third-order valence-electron chi connectivity index (χ3n) is 2.58. The van der Waals surface area contributed by atoms with Crippen LogP contribution in [0.25, 0.3) is 5.57 Å². The summed E-state index contributed by atoms with van der Waals surface area (Å²) < 4.78 is 4.90. The van der Waals surface area contributed by atoms with Gasteiger partial charge in [-0.05, 0) is 36.6 Å². The van der Waals surface area contributed by atoms with Gasteiger partial charge in [0.2, 0.25) is 0 Å². The van der Waals surface area contributed by atoms with Gasteiger partial charge in [0.15, 0.2) is 5.75 Å². The fraction of sp³-hybridized carbons (Fsp3) is 0.250. The van der Waals surface area contributed by atoms with Crippen molar-refractivity contribution in [2.75, 3.05) is 7.11 Å². The highest BCUT2D eigenvalue weighted by Gasteiger charge is 2.16. The zero-order valence-electron chi connectivity index (χ0n) is 9.89. The van der Waals surface area contributed by atoms with Crippen LogP contribution in [0.3, 0.4) is 0 Å². The number of nitro groups is 1. The van der Waals surface area contributed by atoms with Crippen molar-refractivity contribution < 1.29 is 14.5 Å². The summed E-state index contributed by atoms with van der Waals surface area (Å²) in [5, 5.41) is 10.8. The second-order valence-corrected chi connectivity index (χ2v) is 3.57. The predicted octanol–water partition coefficient (Wildman–Crippen LogP) is 2.60. The zero-order valence-corrected chi connectivity index (χ0v) is 9.89. The smallest absolute Gasteiger partial charge is 0.311 e. The van der Waals surface area contributed by atoms with Crippen LogP contribution in [-0.2, 0) is 4.79 Å². The van der Waals surface area contributed by atoms with E-state index in [9.17, 15) is 14.9 Å². The molecule has 0 N–H and O–H groups in total. The molecule has 0 saturated heterocycles. The first-order valence-corrected chi connectivity index (χ1v) is 4.96. The number of hydrogen-bond acceptors (Lipinski definition) is 4. The number of ether oxygens (including phenoxy) is 1. The van der Waals surface area contributed by atoms with Crippen LogP contribution in [0.2, 0.25) is 0 Å². The first-order chi connectivity index (χ1) is 8.01. The monoisotopic (exact) mass is 235 g/mol. The topological polar surface area (TPSA) is 69.4 Å². The molecule has 0 aliphatic rings. The van der Waals surface area contributed by atoms with Crippen LogP contribution < -0.4 is 4.74 Å². The molecule has 0 aliphatic heterocycles. The van der Waals surface area contributed by atoms with Gasteiger partial charge in [0.05, 0.1) is 12.0 Å². The van der Waals surface area contributed by atoms with Gasteiger partial charge in [-0.15, -0.1) is 0 Å². The number of nitrogens with zero attached hydrogens (tertiary/aromatic N) is 1. The summed E-state index contributed by atoms with van der Waals surface area (Å²) >= 11 is 0. The summed E-state index contributed by atoms with van der Waals surface area (Å²) in [5.41, 5.74) is 1.79. The van der Waals surface area contributed by atoms with E-state index >= 15 is 0 Å². The van der Waals surface area contributed by atoms with Gasteiger partial charge >= 0.3 is 5.69 Å². The zero-order chi connectivity index (χ0) is 13.0. The Morgan fingerprint density at radius 1 is 1.41 bits per heavy atom. The lowest BCUT2D eigenvalue weighted by molar-refractivity contribution is -0.385. The Morgan fingerprint density at radius 2 is 2.06 bits per heavy atom. The summed E-state index contributed by atoms with van der Waals surface area (Å²) in [7, 11) is 1.38. The van der Waals surface area contributed by atoms with Crippen LogP contribution in [0.4, 0.5) is 5.69 Å². The number of carbonyl (C=O) groups is 1. The van der Waals surface area contributed by atoms with Gasteiger partial charge in [0.1, 0.15) is 6.29 Å². The van der Waals surface area contributed by atoms with E-state index in [0.717, 1.165) is 6.29 Å². The van der Waals surface area contributed by atoms with Gasteiger partial charge in [-0.25, -0.2) is 0 Å². The Bertz CT molecular complexity index is 491. The van der Waals surface area contributed by atoms with Gasteiger partial charge < -0.3 is 4.74 Å². The maximum Gasteiger partial charge on any atom is 0.311 e. The quantitative estimate of drug-likeness (QED) is 0.348. The fourth-order valence-corrected chi connectivity index (χ4v) is 1.38. The second kappa shape index (κ2) is 5.25. The number of nitro benzene ring substituents is 1. The predicted molar refractivity (Wildman–Crippen MR) is 64.0 cm³/mol. The molecule has 0 aliphatic carbocycles. The minimum Gasteiger partial charge on any atom is -0.490 e. The fourth-order valence-electron chi connectivity index (χ4n) is 1.38. The molecule has 0 amide bonds. The van der Waals surface area contributed by atoms with Crippen LogP contribution >= 0.6 is 0 Å². The maximum atomic E-state index is 10.8. The molecule has 5 nitrogen and oxygen atoms in total. The largest absolute Gasteiger partial charge is 0.490 e. The minimum absolute atomic E-state index is 0.108. The van der Waals surface area contributed by atoms with Crippen molar-refractivity contribution in [1.82, 2.24) is 0 Å². The molecule has 90 valence electrons. The molecule has 0 aromatic heterocycles. The highest BCUT2D eigenvalue weighted by molar-refractivity contribution is 5.87. The first kappa shape index (κ1) is 12.9. The normalized spacial score (nSPS) is 11.7. The molecule has 0 radical (unpaired) electrons. The van der Waals surface area contributed by atoms with Crippen molar-refractivity contribution in [2.24, 2.45) is 0 Å². The van der Waals surface area contributed by atoms with Crippen LogP contribution in [0.1, 0.15) is 19.4 Å². The van der Waals surface area contributed by atoms with Gasteiger partial charge in [0, 0.05) is 6.07 Å². The molecule has 1 rings (SSSR count). The van der Waals surface area contributed by atoms with E-state index in [1.807, 2.05) is 0 Å². The molecular formula is C12H13NO4. The Kier molecular flexibility index (Phi) is 3.98. The van der Waals surface area contributed by atoms with Crippen molar-refractivity contribution in [3.05, 3.63) is 39.4 Å². The lowest BCUT2D eigenvalue weighted by Crippen LogP contribution is -1.95. The van der Waals surface area contributed by atoms with Crippen LogP contribution in [0.5, 0.6) is 5.75 Å². The standard InChI is InChI=1S/C12H13NO4/c1-8(7-14)9(2)10-4-5-12(17-3)11(6-10)13(15)16/h4-7H,1-3H3/b9-8-. The van der Waals surface area contributed by atoms with E-state index in [1.165, 1.54) is 19.2 Å². The second-order valence-electron chi connectivity index (χ2n) is 3.57. The number of rotatable bonds is 4. The average molecular weight is 235 g/mol. The maximum absolute atomic E-state index is 10.8. The van der Waals surface area contributed by atoms with Gasteiger partial charge in [-0.1, -0.05) is 6.07 Å². The molecule has 0 spiro atoms. The number of allylic oxidation sites excluding steroid dienone is 2.